The highest BCUT2D eigenvalue weighted by Crippen LogP contribution is 2.22. The van der Waals surface area contributed by atoms with E-state index in [0.29, 0.717) is 12.0 Å². The predicted octanol–water partition coefficient (Wildman–Crippen LogP) is 4.42. The van der Waals surface area contributed by atoms with Crippen molar-refractivity contribution in [2.24, 2.45) is 0 Å². The molecule has 0 unspecified atom stereocenters. The third kappa shape index (κ3) is 3.51. The summed E-state index contributed by atoms with van der Waals surface area (Å²) in [4.78, 5) is 14.5. The highest BCUT2D eigenvalue weighted by atomic mass is 16.4. The molecule has 0 aliphatic heterocycles. The van der Waals surface area contributed by atoms with Crippen molar-refractivity contribution in [2.45, 2.75) is 26.7 Å². The SMILES string of the molecule is CCN(CC)c1ccc2cc(CCc3ccccc3)c(=O)oc2c1. The molecular weight excluding hydrogens is 298 g/mol. The Kier molecular flexibility index (Phi) is 4.99. The van der Waals surface area contributed by atoms with Gasteiger partial charge in [0.15, 0.2) is 0 Å². The van der Waals surface area contributed by atoms with Crippen molar-refractivity contribution >= 4 is 16.7 Å². The van der Waals surface area contributed by atoms with E-state index in [4.69, 9.17) is 4.42 Å². The molecule has 0 aliphatic rings. The molecule has 0 spiro atoms. The van der Waals surface area contributed by atoms with E-state index in [1.54, 1.807) is 0 Å². The third-order valence-electron chi connectivity index (χ3n) is 4.45. The first-order valence-electron chi connectivity index (χ1n) is 8.57. The van der Waals surface area contributed by atoms with Crippen LogP contribution in [0, 0.1) is 0 Å². The van der Waals surface area contributed by atoms with Gasteiger partial charge in [0.1, 0.15) is 5.58 Å². The summed E-state index contributed by atoms with van der Waals surface area (Å²) in [5, 5.41) is 0.980. The van der Waals surface area contributed by atoms with Crippen molar-refractivity contribution < 1.29 is 4.42 Å². The Balaban J connectivity index is 1.87. The molecule has 2 aromatic carbocycles. The Morgan fingerprint density at radius 1 is 0.917 bits per heavy atom. The van der Waals surface area contributed by atoms with Crippen LogP contribution in [0.15, 0.2) is 63.8 Å². The Morgan fingerprint density at radius 3 is 2.38 bits per heavy atom. The van der Waals surface area contributed by atoms with Gasteiger partial charge in [-0.25, -0.2) is 4.79 Å². The predicted molar refractivity (Wildman–Crippen MR) is 99.9 cm³/mol. The smallest absolute Gasteiger partial charge is 0.339 e. The molecule has 3 heteroatoms. The second kappa shape index (κ2) is 7.35. The van der Waals surface area contributed by atoms with Crippen molar-refractivity contribution in [3.8, 4) is 0 Å². The highest BCUT2D eigenvalue weighted by Gasteiger charge is 2.08. The number of benzene rings is 2. The fourth-order valence-electron chi connectivity index (χ4n) is 3.03. The summed E-state index contributed by atoms with van der Waals surface area (Å²) in [6.07, 6.45) is 1.54. The lowest BCUT2D eigenvalue weighted by Crippen LogP contribution is -2.21. The molecule has 0 bridgehead atoms. The normalized spacial score (nSPS) is 10.9. The lowest BCUT2D eigenvalue weighted by molar-refractivity contribution is 0.549. The van der Waals surface area contributed by atoms with Crippen LogP contribution in [0.3, 0.4) is 0 Å². The minimum absolute atomic E-state index is 0.227. The highest BCUT2D eigenvalue weighted by molar-refractivity contribution is 5.81. The van der Waals surface area contributed by atoms with Crippen LogP contribution in [0.25, 0.3) is 11.0 Å². The Hall–Kier alpha value is -2.55. The van der Waals surface area contributed by atoms with Crippen LogP contribution in [0.5, 0.6) is 0 Å². The average molecular weight is 321 g/mol. The third-order valence-corrected chi connectivity index (χ3v) is 4.45. The molecule has 3 rings (SSSR count). The van der Waals surface area contributed by atoms with Crippen LogP contribution in [-0.2, 0) is 12.8 Å². The molecule has 0 fully saturated rings. The first kappa shape index (κ1) is 16.3. The van der Waals surface area contributed by atoms with Crippen LogP contribution in [0.4, 0.5) is 5.69 Å². The minimum Gasteiger partial charge on any atom is -0.422 e. The maximum atomic E-state index is 12.3. The van der Waals surface area contributed by atoms with Gasteiger partial charge >= 0.3 is 5.63 Å². The molecule has 1 heterocycles. The van der Waals surface area contributed by atoms with E-state index in [9.17, 15) is 4.79 Å². The molecule has 1 aromatic heterocycles. The standard InChI is InChI=1S/C21H23NO2/c1-3-22(4-2)19-13-12-17-14-18(21(23)24-20(17)15-19)11-10-16-8-6-5-7-9-16/h5-9,12-15H,3-4,10-11H2,1-2H3. The van der Waals surface area contributed by atoms with Gasteiger partial charge in [0.25, 0.3) is 0 Å². The van der Waals surface area contributed by atoms with E-state index >= 15 is 0 Å². The van der Waals surface area contributed by atoms with Gasteiger partial charge in [-0.05, 0) is 50.5 Å². The summed E-state index contributed by atoms with van der Waals surface area (Å²) in [5.41, 5.74) is 3.49. The molecule has 0 aliphatic carbocycles. The molecule has 0 N–H and O–H groups in total. The first-order chi connectivity index (χ1) is 11.7. The molecule has 3 aromatic rings. The fraction of sp³-hybridized carbons (Fsp3) is 0.286. The molecule has 0 radical (unpaired) electrons. The van der Waals surface area contributed by atoms with E-state index in [2.05, 4.69) is 36.9 Å². The topological polar surface area (TPSA) is 33.5 Å². The molecule has 0 saturated heterocycles. The van der Waals surface area contributed by atoms with Crippen LogP contribution in [-0.4, -0.2) is 13.1 Å². The largest absolute Gasteiger partial charge is 0.422 e. The first-order valence-corrected chi connectivity index (χ1v) is 8.57. The van der Waals surface area contributed by atoms with Gasteiger partial charge in [-0.1, -0.05) is 30.3 Å². The van der Waals surface area contributed by atoms with Gasteiger partial charge in [0.05, 0.1) is 0 Å². The van der Waals surface area contributed by atoms with E-state index in [0.717, 1.165) is 36.1 Å². The van der Waals surface area contributed by atoms with Gasteiger partial charge in [0, 0.05) is 35.8 Å². The lowest BCUT2D eigenvalue weighted by atomic mass is 10.0. The van der Waals surface area contributed by atoms with Crippen molar-refractivity contribution in [3.05, 3.63) is 76.1 Å². The Labute approximate surface area is 142 Å². The number of fused-ring (bicyclic) bond motifs is 1. The van der Waals surface area contributed by atoms with Gasteiger partial charge in [-0.2, -0.15) is 0 Å². The minimum atomic E-state index is -0.227. The maximum Gasteiger partial charge on any atom is 0.339 e. The number of aryl methyl sites for hydroxylation is 2. The van der Waals surface area contributed by atoms with Crippen LogP contribution < -0.4 is 10.5 Å². The number of anilines is 1. The van der Waals surface area contributed by atoms with Crippen LogP contribution in [0.2, 0.25) is 0 Å². The van der Waals surface area contributed by atoms with Crippen LogP contribution in [0.1, 0.15) is 25.0 Å². The molecule has 24 heavy (non-hydrogen) atoms. The zero-order chi connectivity index (χ0) is 16.9. The van der Waals surface area contributed by atoms with Crippen molar-refractivity contribution in [2.75, 3.05) is 18.0 Å². The molecule has 0 saturated carbocycles. The van der Waals surface area contributed by atoms with E-state index in [1.807, 2.05) is 36.4 Å². The number of nitrogens with zero attached hydrogens (tertiary/aromatic N) is 1. The van der Waals surface area contributed by atoms with Gasteiger partial charge in [0.2, 0.25) is 0 Å². The van der Waals surface area contributed by atoms with Gasteiger partial charge in [-0.15, -0.1) is 0 Å². The lowest BCUT2D eigenvalue weighted by Gasteiger charge is -2.21. The maximum absolute atomic E-state index is 12.3. The van der Waals surface area contributed by atoms with Crippen molar-refractivity contribution in [1.29, 1.82) is 0 Å². The summed E-state index contributed by atoms with van der Waals surface area (Å²) >= 11 is 0. The average Bonchev–Trinajstić information content (AvgIpc) is 2.62. The van der Waals surface area contributed by atoms with Gasteiger partial charge < -0.3 is 9.32 Å². The summed E-state index contributed by atoms with van der Waals surface area (Å²) in [6, 6.07) is 18.3. The molecule has 3 nitrogen and oxygen atoms in total. The summed E-state index contributed by atoms with van der Waals surface area (Å²) < 4.78 is 5.58. The van der Waals surface area contributed by atoms with Crippen molar-refractivity contribution in [1.82, 2.24) is 0 Å². The Morgan fingerprint density at radius 2 is 1.67 bits per heavy atom. The zero-order valence-electron chi connectivity index (χ0n) is 14.3. The van der Waals surface area contributed by atoms with Crippen molar-refractivity contribution in [3.63, 3.8) is 0 Å². The number of hydrogen-bond acceptors (Lipinski definition) is 3. The van der Waals surface area contributed by atoms with Crippen LogP contribution >= 0.6 is 0 Å². The zero-order valence-corrected chi connectivity index (χ0v) is 14.3. The summed E-state index contributed by atoms with van der Waals surface area (Å²) in [6.45, 7) is 6.11. The second-order valence-corrected chi connectivity index (χ2v) is 5.94. The second-order valence-electron chi connectivity index (χ2n) is 5.94. The van der Waals surface area contributed by atoms with E-state index in [-0.39, 0.29) is 5.63 Å². The molecular formula is C21H23NO2. The fourth-order valence-corrected chi connectivity index (χ4v) is 3.03. The van der Waals surface area contributed by atoms with E-state index in [1.165, 1.54) is 5.56 Å². The number of hydrogen-bond donors (Lipinski definition) is 0. The monoisotopic (exact) mass is 321 g/mol. The molecule has 0 amide bonds. The van der Waals surface area contributed by atoms with Gasteiger partial charge in [-0.3, -0.25) is 0 Å². The Bertz CT molecular complexity index is 864. The quantitative estimate of drug-likeness (QED) is 0.630. The summed E-state index contributed by atoms with van der Waals surface area (Å²) in [7, 11) is 0. The van der Waals surface area contributed by atoms with E-state index < -0.39 is 0 Å². The molecule has 124 valence electrons. The summed E-state index contributed by atoms with van der Waals surface area (Å²) in [5.74, 6) is 0. The molecule has 0 atom stereocenters. The number of rotatable bonds is 6.